The molecule has 0 atom stereocenters. The fourth-order valence-corrected chi connectivity index (χ4v) is 3.87. The number of hydrogen-bond acceptors (Lipinski definition) is 5. The average Bonchev–Trinajstić information content (AvgIpc) is 3.22. The van der Waals surface area contributed by atoms with Crippen LogP contribution in [0, 0.1) is 0 Å². The number of hydrogen-bond donors (Lipinski definition) is 1. The minimum atomic E-state index is -0.0967. The van der Waals surface area contributed by atoms with E-state index in [0.717, 1.165) is 17.5 Å². The fourth-order valence-electron chi connectivity index (χ4n) is 3.16. The van der Waals surface area contributed by atoms with Crippen LogP contribution in [0.25, 0.3) is 0 Å². The van der Waals surface area contributed by atoms with Gasteiger partial charge >= 0.3 is 0 Å². The number of rotatable bonds is 7. The minimum Gasteiger partial charge on any atom is -0.493 e. The number of ether oxygens (including phenoxy) is 2. The predicted octanol–water partition coefficient (Wildman–Crippen LogP) is 2.40. The Morgan fingerprint density at radius 1 is 1.19 bits per heavy atom. The number of amides is 2. The summed E-state index contributed by atoms with van der Waals surface area (Å²) in [6, 6.07) is 7.88. The zero-order valence-corrected chi connectivity index (χ0v) is 16.4. The van der Waals surface area contributed by atoms with Crippen molar-refractivity contribution in [3.05, 3.63) is 45.6 Å². The number of aryl methyl sites for hydroxylation is 1. The van der Waals surface area contributed by atoms with Gasteiger partial charge in [-0.1, -0.05) is 6.07 Å². The fraction of sp³-hybridized carbons (Fsp3) is 0.400. The molecule has 2 amide bonds. The summed E-state index contributed by atoms with van der Waals surface area (Å²) < 4.78 is 10.7. The molecular formula is C20H24N2O4S. The van der Waals surface area contributed by atoms with Crippen molar-refractivity contribution in [1.29, 1.82) is 0 Å². The van der Waals surface area contributed by atoms with E-state index in [1.165, 1.54) is 4.88 Å². The SMILES string of the molecule is COc1cc2c(cc1OC)CN(C(=O)CNC(=O)CCc1cccs1)CC2. The number of nitrogens with zero attached hydrogens (tertiary/aromatic N) is 1. The van der Waals surface area contributed by atoms with Crippen LogP contribution in [-0.2, 0) is 29.0 Å². The highest BCUT2D eigenvalue weighted by Gasteiger charge is 2.23. The van der Waals surface area contributed by atoms with Crippen molar-refractivity contribution in [2.45, 2.75) is 25.8 Å². The van der Waals surface area contributed by atoms with Crippen molar-refractivity contribution >= 4 is 23.2 Å². The van der Waals surface area contributed by atoms with E-state index in [-0.39, 0.29) is 18.4 Å². The molecule has 1 aliphatic heterocycles. The maximum absolute atomic E-state index is 12.5. The van der Waals surface area contributed by atoms with Gasteiger partial charge in [0.05, 0.1) is 20.8 Å². The Labute approximate surface area is 163 Å². The first-order chi connectivity index (χ1) is 13.1. The van der Waals surface area contributed by atoms with Crippen LogP contribution in [0.4, 0.5) is 0 Å². The van der Waals surface area contributed by atoms with Gasteiger partial charge in [-0.3, -0.25) is 9.59 Å². The summed E-state index contributed by atoms with van der Waals surface area (Å²) in [6.45, 7) is 1.18. The van der Waals surface area contributed by atoms with Gasteiger partial charge < -0.3 is 19.7 Å². The van der Waals surface area contributed by atoms with Gasteiger partial charge in [-0.05, 0) is 47.5 Å². The van der Waals surface area contributed by atoms with Crippen LogP contribution in [-0.4, -0.2) is 44.0 Å². The van der Waals surface area contributed by atoms with Crippen LogP contribution in [0.2, 0.25) is 0 Å². The second kappa shape index (κ2) is 8.90. The van der Waals surface area contributed by atoms with E-state index in [1.807, 2.05) is 29.6 Å². The minimum absolute atomic E-state index is 0.0336. The quantitative estimate of drug-likeness (QED) is 0.791. The second-order valence-corrected chi connectivity index (χ2v) is 7.43. The van der Waals surface area contributed by atoms with Crippen molar-refractivity contribution in [2.24, 2.45) is 0 Å². The zero-order valence-electron chi connectivity index (χ0n) is 15.6. The molecule has 1 N–H and O–H groups in total. The molecule has 6 nitrogen and oxygen atoms in total. The summed E-state index contributed by atoms with van der Waals surface area (Å²) in [5.41, 5.74) is 2.22. The molecule has 27 heavy (non-hydrogen) atoms. The molecule has 2 heterocycles. The molecular weight excluding hydrogens is 364 g/mol. The highest BCUT2D eigenvalue weighted by Crippen LogP contribution is 2.33. The molecule has 0 radical (unpaired) electrons. The molecule has 1 aliphatic rings. The number of carbonyl (C=O) groups is 2. The maximum Gasteiger partial charge on any atom is 0.242 e. The van der Waals surface area contributed by atoms with Gasteiger partial charge in [0.25, 0.3) is 0 Å². The summed E-state index contributed by atoms with van der Waals surface area (Å²) in [5.74, 6) is 1.20. The van der Waals surface area contributed by atoms with Crippen LogP contribution in [0.3, 0.4) is 0 Å². The van der Waals surface area contributed by atoms with E-state index >= 15 is 0 Å². The first-order valence-corrected chi connectivity index (χ1v) is 9.79. The molecule has 0 bridgehead atoms. The molecule has 144 valence electrons. The second-order valence-electron chi connectivity index (χ2n) is 6.40. The molecule has 2 aromatic rings. The number of methoxy groups -OCH3 is 2. The molecule has 0 spiro atoms. The summed E-state index contributed by atoms with van der Waals surface area (Å²) in [5, 5.41) is 4.73. The zero-order chi connectivity index (χ0) is 19.2. The summed E-state index contributed by atoms with van der Waals surface area (Å²) in [6.07, 6.45) is 1.86. The van der Waals surface area contributed by atoms with Gasteiger partial charge in [0.1, 0.15) is 0 Å². The Hall–Kier alpha value is -2.54. The van der Waals surface area contributed by atoms with Crippen molar-refractivity contribution in [3.63, 3.8) is 0 Å². The summed E-state index contributed by atoms with van der Waals surface area (Å²) in [4.78, 5) is 27.4. The highest BCUT2D eigenvalue weighted by atomic mass is 32.1. The molecule has 1 aromatic heterocycles. The lowest BCUT2D eigenvalue weighted by molar-refractivity contribution is -0.133. The Morgan fingerprint density at radius 3 is 2.59 bits per heavy atom. The van der Waals surface area contributed by atoms with Crippen LogP contribution in [0.5, 0.6) is 11.5 Å². The van der Waals surface area contributed by atoms with E-state index in [4.69, 9.17) is 9.47 Å². The van der Waals surface area contributed by atoms with Crippen LogP contribution in [0.15, 0.2) is 29.6 Å². The van der Waals surface area contributed by atoms with E-state index in [1.54, 1.807) is 30.5 Å². The number of fused-ring (bicyclic) bond motifs is 1. The molecule has 7 heteroatoms. The molecule has 0 aliphatic carbocycles. The summed E-state index contributed by atoms with van der Waals surface area (Å²) >= 11 is 1.64. The van der Waals surface area contributed by atoms with E-state index in [9.17, 15) is 9.59 Å². The molecule has 3 rings (SSSR count). The van der Waals surface area contributed by atoms with Crippen molar-refractivity contribution in [3.8, 4) is 11.5 Å². The van der Waals surface area contributed by atoms with Gasteiger partial charge in [-0.15, -0.1) is 11.3 Å². The standard InChI is InChI=1S/C20H24N2O4S/c1-25-17-10-14-7-8-22(13-15(14)11-18(17)26-2)20(24)12-21-19(23)6-5-16-4-3-9-27-16/h3-4,9-11H,5-8,12-13H2,1-2H3,(H,21,23). The Balaban J connectivity index is 1.52. The number of thiophene rings is 1. The predicted molar refractivity (Wildman–Crippen MR) is 104 cm³/mol. The number of nitrogens with one attached hydrogen (secondary N) is 1. The molecule has 0 unspecified atom stereocenters. The monoisotopic (exact) mass is 388 g/mol. The van der Waals surface area contributed by atoms with E-state index in [0.29, 0.717) is 37.4 Å². The van der Waals surface area contributed by atoms with E-state index in [2.05, 4.69) is 5.32 Å². The van der Waals surface area contributed by atoms with Gasteiger partial charge in [0.15, 0.2) is 11.5 Å². The lowest BCUT2D eigenvalue weighted by Gasteiger charge is -2.29. The summed E-state index contributed by atoms with van der Waals surface area (Å²) in [7, 11) is 3.21. The van der Waals surface area contributed by atoms with Crippen molar-refractivity contribution in [1.82, 2.24) is 10.2 Å². The van der Waals surface area contributed by atoms with Crippen molar-refractivity contribution in [2.75, 3.05) is 27.3 Å². The lowest BCUT2D eigenvalue weighted by atomic mass is 9.98. The van der Waals surface area contributed by atoms with E-state index < -0.39 is 0 Å². The van der Waals surface area contributed by atoms with Gasteiger partial charge in [-0.25, -0.2) is 0 Å². The van der Waals surface area contributed by atoms with Crippen LogP contribution < -0.4 is 14.8 Å². The van der Waals surface area contributed by atoms with Gasteiger partial charge in [0.2, 0.25) is 11.8 Å². The van der Waals surface area contributed by atoms with Gasteiger partial charge in [-0.2, -0.15) is 0 Å². The molecule has 1 aromatic carbocycles. The smallest absolute Gasteiger partial charge is 0.242 e. The molecule has 0 fully saturated rings. The average molecular weight is 388 g/mol. The largest absolute Gasteiger partial charge is 0.493 e. The Bertz CT molecular complexity index is 805. The normalized spacial score (nSPS) is 13.0. The Kier molecular flexibility index (Phi) is 6.34. The number of carbonyl (C=O) groups excluding carboxylic acids is 2. The third-order valence-corrected chi connectivity index (χ3v) is 5.62. The molecule has 0 saturated carbocycles. The highest BCUT2D eigenvalue weighted by molar-refractivity contribution is 7.09. The first kappa shape index (κ1) is 19.2. The molecule has 0 saturated heterocycles. The first-order valence-electron chi connectivity index (χ1n) is 8.91. The third-order valence-electron chi connectivity index (χ3n) is 4.69. The Morgan fingerprint density at radius 2 is 1.93 bits per heavy atom. The topological polar surface area (TPSA) is 67.9 Å². The number of benzene rings is 1. The van der Waals surface area contributed by atoms with Crippen LogP contribution in [0.1, 0.15) is 22.4 Å². The van der Waals surface area contributed by atoms with Crippen LogP contribution >= 0.6 is 11.3 Å². The third kappa shape index (κ3) is 4.80. The lowest BCUT2D eigenvalue weighted by Crippen LogP contribution is -2.42. The maximum atomic E-state index is 12.5. The van der Waals surface area contributed by atoms with Crippen molar-refractivity contribution < 1.29 is 19.1 Å². The van der Waals surface area contributed by atoms with Gasteiger partial charge in [0, 0.05) is 24.4 Å².